The molecule has 0 aliphatic rings. The van der Waals surface area contributed by atoms with Crippen LogP contribution in [0.3, 0.4) is 0 Å². The molecule has 0 bridgehead atoms. The molecule has 0 unspecified atom stereocenters. The van der Waals surface area contributed by atoms with E-state index < -0.39 is 22.0 Å². The van der Waals surface area contributed by atoms with E-state index in [-0.39, 0.29) is 29.9 Å². The predicted octanol–water partition coefficient (Wildman–Crippen LogP) is 3.26. The van der Waals surface area contributed by atoms with Crippen LogP contribution < -0.4 is 5.32 Å². The number of rotatable bonds is 10. The van der Waals surface area contributed by atoms with Crippen molar-refractivity contribution in [2.75, 3.05) is 13.6 Å². The molecule has 0 aliphatic carbocycles. The zero-order valence-electron chi connectivity index (χ0n) is 20.3. The Balaban J connectivity index is 2.27. The number of carbonyl (C=O) groups excluding carboxylic acids is 2. The first-order valence-corrected chi connectivity index (χ1v) is 12.6. The van der Waals surface area contributed by atoms with E-state index in [1.807, 2.05) is 52.0 Å². The van der Waals surface area contributed by atoms with Crippen LogP contribution in [-0.4, -0.2) is 55.1 Å². The molecule has 8 heteroatoms. The minimum Gasteiger partial charge on any atom is -0.352 e. The Morgan fingerprint density at radius 3 is 2.21 bits per heavy atom. The molecule has 2 rings (SSSR count). The summed E-state index contributed by atoms with van der Waals surface area (Å²) in [5, 5.41) is 2.91. The van der Waals surface area contributed by atoms with Crippen LogP contribution in [-0.2, 0) is 26.2 Å². The molecule has 0 heterocycles. The van der Waals surface area contributed by atoms with Crippen molar-refractivity contribution in [2.24, 2.45) is 0 Å². The van der Waals surface area contributed by atoms with Crippen molar-refractivity contribution >= 4 is 21.8 Å². The summed E-state index contributed by atoms with van der Waals surface area (Å²) in [6.45, 7) is 9.20. The largest absolute Gasteiger partial charge is 0.352 e. The van der Waals surface area contributed by atoms with Crippen molar-refractivity contribution in [3.8, 4) is 0 Å². The Morgan fingerprint density at radius 1 is 1.00 bits per heavy atom. The summed E-state index contributed by atoms with van der Waals surface area (Å²) in [6, 6.07) is 13.4. The van der Waals surface area contributed by atoms with Crippen LogP contribution in [0.1, 0.15) is 43.9 Å². The van der Waals surface area contributed by atoms with E-state index >= 15 is 0 Å². The number of hydrogen-bond donors (Lipinski definition) is 1. The molecule has 0 spiro atoms. The summed E-state index contributed by atoms with van der Waals surface area (Å²) in [7, 11) is -2.47. The number of carbonyl (C=O) groups is 2. The molecule has 0 saturated heterocycles. The molecule has 0 aliphatic heterocycles. The highest BCUT2D eigenvalue weighted by Crippen LogP contribution is 2.17. The third-order valence-electron chi connectivity index (χ3n) is 5.69. The Bertz CT molecular complexity index is 1070. The number of likely N-dealkylation sites (N-methyl/N-ethyl adjacent to an activating group) is 1. The lowest BCUT2D eigenvalue weighted by molar-refractivity contribution is -0.140. The van der Waals surface area contributed by atoms with Crippen LogP contribution in [0.4, 0.5) is 0 Å². The Hall–Kier alpha value is -2.71. The van der Waals surface area contributed by atoms with Gasteiger partial charge in [0.2, 0.25) is 21.8 Å². The zero-order chi connectivity index (χ0) is 24.8. The van der Waals surface area contributed by atoms with Crippen molar-refractivity contribution in [3.05, 3.63) is 65.2 Å². The SMILES string of the molecule is CC[C@H](C)NC(=O)[C@H](C)N(Cc1cccc(C)c1)C(=O)CN(C)S(=O)(=O)c1ccc(C)cc1. The fourth-order valence-corrected chi connectivity index (χ4v) is 4.43. The van der Waals surface area contributed by atoms with Crippen LogP contribution in [0, 0.1) is 13.8 Å². The average molecular weight is 474 g/mol. The van der Waals surface area contributed by atoms with Gasteiger partial charge in [0.1, 0.15) is 6.04 Å². The van der Waals surface area contributed by atoms with E-state index in [0.29, 0.717) is 0 Å². The summed E-state index contributed by atoms with van der Waals surface area (Å²) in [4.78, 5) is 27.7. The highest BCUT2D eigenvalue weighted by Gasteiger charge is 2.30. The van der Waals surface area contributed by atoms with Crippen molar-refractivity contribution in [2.45, 2.75) is 64.6 Å². The molecular weight excluding hydrogens is 438 g/mol. The molecule has 2 aromatic carbocycles. The van der Waals surface area contributed by atoms with E-state index in [1.54, 1.807) is 19.1 Å². The molecular formula is C25H35N3O4S. The van der Waals surface area contributed by atoms with Crippen molar-refractivity contribution in [3.63, 3.8) is 0 Å². The summed E-state index contributed by atoms with van der Waals surface area (Å²) < 4.78 is 27.0. The van der Waals surface area contributed by atoms with Crippen LogP contribution in [0.15, 0.2) is 53.4 Å². The molecule has 180 valence electrons. The van der Waals surface area contributed by atoms with Crippen LogP contribution >= 0.6 is 0 Å². The summed E-state index contributed by atoms with van der Waals surface area (Å²) in [6.07, 6.45) is 0.766. The number of benzene rings is 2. The first kappa shape index (κ1) is 26.5. The van der Waals surface area contributed by atoms with Crippen LogP contribution in [0.5, 0.6) is 0 Å². The maximum absolute atomic E-state index is 13.3. The molecule has 7 nitrogen and oxygen atoms in total. The molecule has 0 fully saturated rings. The van der Waals surface area contributed by atoms with Gasteiger partial charge in [-0.15, -0.1) is 0 Å². The van der Waals surface area contributed by atoms with Gasteiger partial charge in [0, 0.05) is 19.6 Å². The van der Waals surface area contributed by atoms with Gasteiger partial charge < -0.3 is 10.2 Å². The number of aryl methyl sites for hydroxylation is 2. The molecule has 1 N–H and O–H groups in total. The quantitative estimate of drug-likeness (QED) is 0.574. The smallest absolute Gasteiger partial charge is 0.243 e. The fraction of sp³-hybridized carbons (Fsp3) is 0.440. The zero-order valence-corrected chi connectivity index (χ0v) is 21.1. The Morgan fingerprint density at radius 2 is 1.64 bits per heavy atom. The third kappa shape index (κ3) is 7.14. The van der Waals surface area contributed by atoms with Gasteiger partial charge in [-0.05, 0) is 51.8 Å². The molecule has 2 atom stereocenters. The first-order chi connectivity index (χ1) is 15.4. The van der Waals surface area contributed by atoms with E-state index in [1.165, 1.54) is 24.1 Å². The maximum Gasteiger partial charge on any atom is 0.243 e. The summed E-state index contributed by atoms with van der Waals surface area (Å²) in [5.74, 6) is -0.712. The van der Waals surface area contributed by atoms with Gasteiger partial charge in [-0.25, -0.2) is 8.42 Å². The molecule has 2 amide bonds. The highest BCUT2D eigenvalue weighted by atomic mass is 32.2. The fourth-order valence-electron chi connectivity index (χ4n) is 3.31. The van der Waals surface area contributed by atoms with E-state index in [2.05, 4.69) is 5.32 Å². The van der Waals surface area contributed by atoms with Gasteiger partial charge in [-0.1, -0.05) is 54.4 Å². The number of nitrogens with one attached hydrogen (secondary N) is 1. The first-order valence-electron chi connectivity index (χ1n) is 11.1. The minimum atomic E-state index is -3.85. The second-order valence-electron chi connectivity index (χ2n) is 8.58. The van der Waals surface area contributed by atoms with E-state index in [9.17, 15) is 18.0 Å². The maximum atomic E-state index is 13.3. The van der Waals surface area contributed by atoms with Gasteiger partial charge in [0.15, 0.2) is 0 Å². The lowest BCUT2D eigenvalue weighted by Crippen LogP contribution is -2.51. The van der Waals surface area contributed by atoms with Crippen LogP contribution in [0.2, 0.25) is 0 Å². The number of hydrogen-bond acceptors (Lipinski definition) is 4. The van der Waals surface area contributed by atoms with Gasteiger partial charge >= 0.3 is 0 Å². The number of sulfonamides is 1. The Kier molecular flexibility index (Phi) is 9.19. The van der Waals surface area contributed by atoms with E-state index in [4.69, 9.17) is 0 Å². The lowest BCUT2D eigenvalue weighted by atomic mass is 10.1. The molecule has 0 saturated carbocycles. The van der Waals surface area contributed by atoms with E-state index in [0.717, 1.165) is 27.4 Å². The van der Waals surface area contributed by atoms with Gasteiger partial charge in [-0.2, -0.15) is 4.31 Å². The predicted molar refractivity (Wildman–Crippen MR) is 130 cm³/mol. The van der Waals surface area contributed by atoms with Gasteiger partial charge in [-0.3, -0.25) is 9.59 Å². The summed E-state index contributed by atoms with van der Waals surface area (Å²) in [5.41, 5.74) is 2.85. The molecule has 33 heavy (non-hydrogen) atoms. The summed E-state index contributed by atoms with van der Waals surface area (Å²) >= 11 is 0. The third-order valence-corrected chi connectivity index (χ3v) is 7.51. The number of amides is 2. The minimum absolute atomic E-state index is 0.0274. The van der Waals surface area contributed by atoms with Crippen molar-refractivity contribution in [1.82, 2.24) is 14.5 Å². The van der Waals surface area contributed by atoms with Gasteiger partial charge in [0.25, 0.3) is 0 Å². The molecule has 2 aromatic rings. The monoisotopic (exact) mass is 473 g/mol. The average Bonchev–Trinajstić information content (AvgIpc) is 2.77. The van der Waals surface area contributed by atoms with Crippen molar-refractivity contribution in [1.29, 1.82) is 0 Å². The molecule has 0 aromatic heterocycles. The number of nitrogens with zero attached hydrogens (tertiary/aromatic N) is 2. The lowest BCUT2D eigenvalue weighted by Gasteiger charge is -2.31. The van der Waals surface area contributed by atoms with Crippen LogP contribution in [0.25, 0.3) is 0 Å². The van der Waals surface area contributed by atoms with Crippen molar-refractivity contribution < 1.29 is 18.0 Å². The standard InChI is InChI=1S/C25H35N3O4S/c1-7-20(4)26-25(30)21(5)28(16-22-10-8-9-19(3)15-22)24(29)17-27(6)33(31,32)23-13-11-18(2)12-14-23/h8-15,20-21H,7,16-17H2,1-6H3,(H,26,30)/t20-,21-/m0/s1. The second kappa shape index (κ2) is 11.4. The van der Waals surface area contributed by atoms with Gasteiger partial charge in [0.05, 0.1) is 11.4 Å². The molecule has 0 radical (unpaired) electrons. The second-order valence-corrected chi connectivity index (χ2v) is 10.6. The normalized spacial score (nSPS) is 13.4. The highest BCUT2D eigenvalue weighted by molar-refractivity contribution is 7.89. The topological polar surface area (TPSA) is 86.8 Å². The Labute approximate surface area is 197 Å².